The lowest BCUT2D eigenvalue weighted by atomic mass is 9.88. The molecule has 0 heterocycles. The van der Waals surface area contributed by atoms with E-state index in [4.69, 9.17) is 4.74 Å². The average molecular weight is 241 g/mol. The van der Waals surface area contributed by atoms with E-state index in [1.165, 1.54) is 51.5 Å². The van der Waals surface area contributed by atoms with E-state index in [-0.39, 0.29) is 0 Å². The zero-order valence-corrected chi connectivity index (χ0v) is 11.8. The van der Waals surface area contributed by atoms with Crippen LogP contribution < -0.4 is 5.32 Å². The predicted octanol–water partition coefficient (Wildman–Crippen LogP) is 3.61. The van der Waals surface area contributed by atoms with Crippen LogP contribution in [0.5, 0.6) is 0 Å². The Bertz CT molecular complexity index is 166. The van der Waals surface area contributed by atoms with Crippen LogP contribution in [0.2, 0.25) is 0 Å². The maximum absolute atomic E-state index is 5.72. The van der Waals surface area contributed by atoms with E-state index in [0.717, 1.165) is 31.6 Å². The minimum absolute atomic E-state index is 0.846. The second kappa shape index (κ2) is 9.90. The van der Waals surface area contributed by atoms with E-state index in [1.807, 2.05) is 0 Å². The zero-order chi connectivity index (χ0) is 12.3. The van der Waals surface area contributed by atoms with Gasteiger partial charge in [-0.05, 0) is 37.8 Å². The molecule has 102 valence electrons. The van der Waals surface area contributed by atoms with E-state index in [1.54, 1.807) is 0 Å². The highest BCUT2D eigenvalue weighted by molar-refractivity contribution is 4.77. The molecule has 0 aromatic heterocycles. The summed E-state index contributed by atoms with van der Waals surface area (Å²) in [7, 11) is 0. The van der Waals surface area contributed by atoms with Crippen molar-refractivity contribution in [2.75, 3.05) is 26.3 Å². The van der Waals surface area contributed by atoms with Crippen LogP contribution in [-0.4, -0.2) is 26.3 Å². The summed E-state index contributed by atoms with van der Waals surface area (Å²) in [4.78, 5) is 0. The molecular weight excluding hydrogens is 210 g/mol. The smallest absolute Gasteiger partial charge is 0.0469 e. The molecule has 1 atom stereocenters. The van der Waals surface area contributed by atoms with Crippen molar-refractivity contribution in [2.24, 2.45) is 11.8 Å². The van der Waals surface area contributed by atoms with Gasteiger partial charge in [0.05, 0.1) is 0 Å². The molecule has 2 heteroatoms. The highest BCUT2D eigenvalue weighted by Gasteiger charge is 2.24. The molecule has 1 unspecified atom stereocenters. The number of hydrogen-bond donors (Lipinski definition) is 1. The number of hydrogen-bond acceptors (Lipinski definition) is 2. The van der Waals surface area contributed by atoms with Crippen molar-refractivity contribution in [3.8, 4) is 0 Å². The van der Waals surface area contributed by atoms with Gasteiger partial charge >= 0.3 is 0 Å². The van der Waals surface area contributed by atoms with E-state index >= 15 is 0 Å². The Kier molecular flexibility index (Phi) is 8.72. The number of nitrogens with one attached hydrogen (secondary N) is 1. The quantitative estimate of drug-likeness (QED) is 0.590. The number of unbranched alkanes of at least 4 members (excludes halogenated alkanes) is 1. The van der Waals surface area contributed by atoms with Crippen molar-refractivity contribution in [3.63, 3.8) is 0 Å². The minimum atomic E-state index is 0.846. The van der Waals surface area contributed by atoms with Crippen molar-refractivity contribution in [1.82, 2.24) is 5.32 Å². The summed E-state index contributed by atoms with van der Waals surface area (Å²) in [6, 6.07) is 0. The summed E-state index contributed by atoms with van der Waals surface area (Å²) in [6.07, 6.45) is 9.50. The Hall–Kier alpha value is -0.0800. The van der Waals surface area contributed by atoms with Gasteiger partial charge in [-0.15, -0.1) is 0 Å². The third-order valence-electron chi connectivity index (χ3n) is 4.00. The first-order chi connectivity index (χ1) is 8.38. The molecule has 0 aliphatic heterocycles. The summed E-state index contributed by atoms with van der Waals surface area (Å²) in [5.74, 6) is 1.81. The van der Waals surface area contributed by atoms with Crippen LogP contribution in [0.15, 0.2) is 0 Å². The van der Waals surface area contributed by atoms with Gasteiger partial charge in [0, 0.05) is 13.2 Å². The van der Waals surface area contributed by atoms with Crippen molar-refractivity contribution in [2.45, 2.75) is 58.8 Å². The standard InChI is InChI=1S/C15H31NO/c1-3-5-11-17-12-10-15(13-16-4-2)14-8-6-7-9-14/h14-16H,3-13H2,1-2H3. The van der Waals surface area contributed by atoms with Gasteiger partial charge in [0.25, 0.3) is 0 Å². The van der Waals surface area contributed by atoms with Crippen molar-refractivity contribution in [1.29, 1.82) is 0 Å². The van der Waals surface area contributed by atoms with E-state index in [2.05, 4.69) is 19.2 Å². The average Bonchev–Trinajstić information content (AvgIpc) is 2.86. The summed E-state index contributed by atoms with van der Waals surface area (Å²) >= 11 is 0. The molecule has 0 aromatic rings. The maximum Gasteiger partial charge on any atom is 0.0469 e. The maximum atomic E-state index is 5.72. The molecule has 1 saturated carbocycles. The molecule has 1 N–H and O–H groups in total. The van der Waals surface area contributed by atoms with Crippen LogP contribution in [0.25, 0.3) is 0 Å². The Labute approximate surface area is 108 Å². The van der Waals surface area contributed by atoms with Crippen LogP contribution in [-0.2, 0) is 4.74 Å². The lowest BCUT2D eigenvalue weighted by Gasteiger charge is -2.23. The highest BCUT2D eigenvalue weighted by Crippen LogP contribution is 2.32. The Morgan fingerprint density at radius 2 is 1.94 bits per heavy atom. The Morgan fingerprint density at radius 1 is 1.18 bits per heavy atom. The first-order valence-corrected chi connectivity index (χ1v) is 7.66. The lowest BCUT2D eigenvalue weighted by molar-refractivity contribution is 0.107. The molecule has 0 radical (unpaired) electrons. The van der Waals surface area contributed by atoms with E-state index < -0.39 is 0 Å². The summed E-state index contributed by atoms with van der Waals surface area (Å²) in [6.45, 7) is 8.62. The molecule has 0 saturated heterocycles. The van der Waals surface area contributed by atoms with E-state index in [9.17, 15) is 0 Å². The molecular formula is C15H31NO. The minimum Gasteiger partial charge on any atom is -0.381 e. The summed E-state index contributed by atoms with van der Waals surface area (Å²) in [5.41, 5.74) is 0. The van der Waals surface area contributed by atoms with Crippen LogP contribution in [0, 0.1) is 11.8 Å². The van der Waals surface area contributed by atoms with Crippen molar-refractivity contribution in [3.05, 3.63) is 0 Å². The third kappa shape index (κ3) is 6.42. The highest BCUT2D eigenvalue weighted by atomic mass is 16.5. The van der Waals surface area contributed by atoms with Crippen LogP contribution in [0.4, 0.5) is 0 Å². The van der Waals surface area contributed by atoms with Gasteiger partial charge < -0.3 is 10.1 Å². The normalized spacial score (nSPS) is 18.7. The molecule has 0 aromatic carbocycles. The molecule has 17 heavy (non-hydrogen) atoms. The summed E-state index contributed by atoms with van der Waals surface area (Å²) in [5, 5.41) is 3.52. The lowest BCUT2D eigenvalue weighted by Crippen LogP contribution is -2.28. The molecule has 2 nitrogen and oxygen atoms in total. The largest absolute Gasteiger partial charge is 0.381 e. The molecule has 0 spiro atoms. The fourth-order valence-electron chi connectivity index (χ4n) is 2.85. The van der Waals surface area contributed by atoms with Gasteiger partial charge in [-0.25, -0.2) is 0 Å². The number of rotatable bonds is 10. The van der Waals surface area contributed by atoms with Crippen LogP contribution in [0.1, 0.15) is 58.8 Å². The van der Waals surface area contributed by atoms with Gasteiger partial charge in [0.1, 0.15) is 0 Å². The predicted molar refractivity (Wildman–Crippen MR) is 74.3 cm³/mol. The monoisotopic (exact) mass is 241 g/mol. The SMILES string of the molecule is CCCCOCCC(CNCC)C1CCCC1. The van der Waals surface area contributed by atoms with Gasteiger partial charge in [-0.1, -0.05) is 46.0 Å². The zero-order valence-electron chi connectivity index (χ0n) is 11.8. The van der Waals surface area contributed by atoms with Crippen LogP contribution in [0.3, 0.4) is 0 Å². The van der Waals surface area contributed by atoms with E-state index in [0.29, 0.717) is 0 Å². The van der Waals surface area contributed by atoms with Crippen molar-refractivity contribution >= 4 is 0 Å². The van der Waals surface area contributed by atoms with Gasteiger partial charge in [0.2, 0.25) is 0 Å². The third-order valence-corrected chi connectivity index (χ3v) is 4.00. The molecule has 1 aliphatic carbocycles. The number of ether oxygens (including phenoxy) is 1. The van der Waals surface area contributed by atoms with Crippen molar-refractivity contribution < 1.29 is 4.74 Å². The molecule has 1 aliphatic rings. The van der Waals surface area contributed by atoms with Crippen LogP contribution >= 0.6 is 0 Å². The first-order valence-electron chi connectivity index (χ1n) is 7.66. The second-order valence-electron chi connectivity index (χ2n) is 5.37. The Balaban J connectivity index is 2.15. The molecule has 0 bridgehead atoms. The first kappa shape index (κ1) is 15.0. The fourth-order valence-corrected chi connectivity index (χ4v) is 2.85. The fraction of sp³-hybridized carbons (Fsp3) is 1.00. The topological polar surface area (TPSA) is 21.3 Å². The molecule has 1 rings (SSSR count). The Morgan fingerprint density at radius 3 is 2.59 bits per heavy atom. The van der Waals surface area contributed by atoms with Gasteiger partial charge in [-0.3, -0.25) is 0 Å². The van der Waals surface area contributed by atoms with Gasteiger partial charge in [0.15, 0.2) is 0 Å². The van der Waals surface area contributed by atoms with Gasteiger partial charge in [-0.2, -0.15) is 0 Å². The summed E-state index contributed by atoms with van der Waals surface area (Å²) < 4.78 is 5.72. The molecule has 1 fully saturated rings. The molecule has 0 amide bonds. The second-order valence-corrected chi connectivity index (χ2v) is 5.37.